The number of nitrogen functional groups attached to an aromatic ring is 1. The number of nitrogens with two attached hydrogens (primary N) is 1. The van der Waals surface area contributed by atoms with Gasteiger partial charge < -0.3 is 11.1 Å². The van der Waals surface area contributed by atoms with E-state index >= 15 is 0 Å². The van der Waals surface area contributed by atoms with Gasteiger partial charge in [-0.25, -0.2) is 18.4 Å². The number of hydrogen-bond acceptors (Lipinski definition) is 8. The molecule has 8 nitrogen and oxygen atoms in total. The fourth-order valence-electron chi connectivity index (χ4n) is 2.45. The molecular formula is C17H14F3N5O3S3. The minimum atomic E-state index is -5.44. The van der Waals surface area contributed by atoms with Gasteiger partial charge in [0, 0.05) is 5.38 Å². The van der Waals surface area contributed by atoms with Crippen LogP contribution in [0.3, 0.4) is 0 Å². The molecule has 0 fully saturated rings. The maximum absolute atomic E-state index is 12.6. The van der Waals surface area contributed by atoms with Crippen molar-refractivity contribution in [3.63, 3.8) is 0 Å². The molecule has 14 heteroatoms. The highest BCUT2D eigenvalue weighted by Crippen LogP contribution is 2.32. The number of nitrogens with one attached hydrogen (secondary N) is 2. The van der Waals surface area contributed by atoms with Crippen LogP contribution >= 0.6 is 22.7 Å². The van der Waals surface area contributed by atoms with Crippen LogP contribution in [0.15, 0.2) is 34.5 Å². The number of aromatic nitrogens is 2. The molecule has 3 rings (SSSR count). The number of nitrogens with zero attached hydrogens (tertiary/aromatic N) is 2. The lowest BCUT2D eigenvalue weighted by Gasteiger charge is -2.08. The van der Waals surface area contributed by atoms with Gasteiger partial charge in [0.15, 0.2) is 16.0 Å². The summed E-state index contributed by atoms with van der Waals surface area (Å²) in [6.07, 6.45) is -0.185. The van der Waals surface area contributed by atoms with Crippen molar-refractivity contribution in [2.24, 2.45) is 5.73 Å². The first-order chi connectivity index (χ1) is 14.4. The Morgan fingerprint density at radius 3 is 2.42 bits per heavy atom. The van der Waals surface area contributed by atoms with Gasteiger partial charge in [0.2, 0.25) is 5.91 Å². The first kappa shape index (κ1) is 22.8. The third kappa shape index (κ3) is 4.91. The summed E-state index contributed by atoms with van der Waals surface area (Å²) >= 11 is 2.37. The van der Waals surface area contributed by atoms with Crippen LogP contribution in [0, 0.1) is 12.3 Å². The van der Waals surface area contributed by atoms with Crippen LogP contribution in [-0.2, 0) is 21.1 Å². The standard InChI is InChI=1S/C17H14F3N5O3S3/c1-8-13(30-15(23-8)14(21)22)11-7-29-16(24-11)25-12(26)6-9-2-4-10(5-3-9)31(27,28)17(18,19)20/h2-5,7H,6H2,1H3,(H3,21,22)(H,24,25,26). The van der Waals surface area contributed by atoms with Crippen LogP contribution in [0.5, 0.6) is 0 Å². The SMILES string of the molecule is Cc1nc(C(=N)N)sc1-c1csc(NC(=O)Cc2ccc(S(=O)(=O)C(F)(F)F)cc2)n1. The molecule has 2 heterocycles. The van der Waals surface area contributed by atoms with Crippen LogP contribution < -0.4 is 11.1 Å². The summed E-state index contributed by atoms with van der Waals surface area (Å²) < 4.78 is 60.5. The molecule has 1 aromatic carbocycles. The van der Waals surface area contributed by atoms with Crippen molar-refractivity contribution in [1.82, 2.24) is 9.97 Å². The molecule has 31 heavy (non-hydrogen) atoms. The van der Waals surface area contributed by atoms with Crippen LogP contribution in [0.25, 0.3) is 10.6 Å². The Balaban J connectivity index is 1.68. The molecule has 0 aliphatic carbocycles. The topological polar surface area (TPSA) is 139 Å². The Hall–Kier alpha value is -2.84. The van der Waals surface area contributed by atoms with Crippen LogP contribution in [0.4, 0.5) is 18.3 Å². The first-order valence-corrected chi connectivity index (χ1v) is 11.5. The average molecular weight is 490 g/mol. The monoisotopic (exact) mass is 489 g/mol. The predicted molar refractivity (Wildman–Crippen MR) is 111 cm³/mol. The van der Waals surface area contributed by atoms with Gasteiger partial charge in [0.1, 0.15) is 0 Å². The second kappa shape index (κ2) is 8.36. The number of benzene rings is 1. The van der Waals surface area contributed by atoms with E-state index in [2.05, 4.69) is 15.3 Å². The van der Waals surface area contributed by atoms with Gasteiger partial charge in [-0.05, 0) is 24.6 Å². The van der Waals surface area contributed by atoms with Gasteiger partial charge in [-0.15, -0.1) is 22.7 Å². The van der Waals surface area contributed by atoms with Crippen molar-refractivity contribution in [1.29, 1.82) is 5.41 Å². The van der Waals surface area contributed by atoms with Crippen molar-refractivity contribution in [2.75, 3.05) is 5.32 Å². The summed E-state index contributed by atoms with van der Waals surface area (Å²) in [5.74, 6) is -0.630. The molecule has 0 aliphatic heterocycles. The molecule has 0 saturated heterocycles. The predicted octanol–water partition coefficient (Wildman–Crippen LogP) is 3.33. The lowest BCUT2D eigenvalue weighted by molar-refractivity contribution is -0.115. The minimum Gasteiger partial charge on any atom is -0.382 e. The molecule has 3 aromatic rings. The Morgan fingerprint density at radius 2 is 1.87 bits per heavy atom. The van der Waals surface area contributed by atoms with Crippen molar-refractivity contribution < 1.29 is 26.4 Å². The summed E-state index contributed by atoms with van der Waals surface area (Å²) in [7, 11) is -5.44. The van der Waals surface area contributed by atoms with Crippen molar-refractivity contribution >= 4 is 49.4 Å². The third-order valence-electron chi connectivity index (χ3n) is 3.91. The number of carbonyl (C=O) groups excluding carboxylic acids is 1. The Labute approximate surface area is 182 Å². The summed E-state index contributed by atoms with van der Waals surface area (Å²) in [5.41, 5.74) is 1.59. The lowest BCUT2D eigenvalue weighted by atomic mass is 10.1. The van der Waals surface area contributed by atoms with Crippen LogP contribution in [-0.4, -0.2) is 35.6 Å². The number of aryl methyl sites for hydroxylation is 1. The van der Waals surface area contributed by atoms with E-state index in [0.29, 0.717) is 32.0 Å². The van der Waals surface area contributed by atoms with E-state index in [-0.39, 0.29) is 12.3 Å². The molecule has 2 aromatic heterocycles. The van der Waals surface area contributed by atoms with Crippen molar-refractivity contribution in [2.45, 2.75) is 23.7 Å². The maximum atomic E-state index is 12.6. The van der Waals surface area contributed by atoms with Crippen LogP contribution in [0.1, 0.15) is 16.3 Å². The number of anilines is 1. The van der Waals surface area contributed by atoms with Crippen molar-refractivity contribution in [3.05, 3.63) is 45.9 Å². The second-order valence-electron chi connectivity index (χ2n) is 6.20. The Kier molecular flexibility index (Phi) is 6.16. The molecule has 4 N–H and O–H groups in total. The molecule has 0 saturated carbocycles. The molecule has 0 atom stereocenters. The number of carbonyl (C=O) groups is 1. The van der Waals surface area contributed by atoms with E-state index < -0.39 is 26.1 Å². The van der Waals surface area contributed by atoms with Gasteiger partial charge in [0.25, 0.3) is 9.84 Å². The van der Waals surface area contributed by atoms with Gasteiger partial charge >= 0.3 is 5.51 Å². The molecule has 0 unspecified atom stereocenters. The third-order valence-corrected chi connectivity index (χ3v) is 7.39. The second-order valence-corrected chi connectivity index (χ2v) is 10.0. The highest BCUT2D eigenvalue weighted by atomic mass is 32.2. The molecule has 0 aliphatic rings. The van der Waals surface area contributed by atoms with Crippen LogP contribution in [0.2, 0.25) is 0 Å². The Bertz CT molecular complexity index is 1250. The number of thiazole rings is 2. The smallest absolute Gasteiger partial charge is 0.382 e. The largest absolute Gasteiger partial charge is 0.501 e. The van der Waals surface area contributed by atoms with Gasteiger partial charge in [-0.1, -0.05) is 12.1 Å². The van der Waals surface area contributed by atoms with E-state index in [1.165, 1.54) is 11.3 Å². The summed E-state index contributed by atoms with van der Waals surface area (Å²) in [4.78, 5) is 20.5. The van der Waals surface area contributed by atoms with E-state index in [1.54, 1.807) is 12.3 Å². The van der Waals surface area contributed by atoms with E-state index in [9.17, 15) is 26.4 Å². The number of sulfone groups is 1. The molecular weight excluding hydrogens is 475 g/mol. The van der Waals surface area contributed by atoms with Gasteiger partial charge in [-0.2, -0.15) is 13.2 Å². The zero-order chi connectivity index (χ0) is 23.0. The highest BCUT2D eigenvalue weighted by Gasteiger charge is 2.46. The first-order valence-electron chi connectivity index (χ1n) is 8.36. The maximum Gasteiger partial charge on any atom is 0.501 e. The number of rotatable bonds is 6. The molecule has 0 bridgehead atoms. The zero-order valence-electron chi connectivity index (χ0n) is 15.6. The lowest BCUT2D eigenvalue weighted by Crippen LogP contribution is -2.23. The molecule has 0 spiro atoms. The number of amides is 1. The number of amidine groups is 1. The molecule has 1 amide bonds. The molecule has 164 valence electrons. The summed E-state index contributed by atoms with van der Waals surface area (Å²) in [5, 5.41) is 12.4. The number of alkyl halides is 3. The van der Waals surface area contributed by atoms with Gasteiger partial charge in [0.05, 0.1) is 27.6 Å². The van der Waals surface area contributed by atoms with E-state index in [4.69, 9.17) is 11.1 Å². The summed E-state index contributed by atoms with van der Waals surface area (Å²) in [6, 6.07) is 3.92. The fourth-order valence-corrected chi connectivity index (χ4v) is 4.90. The van der Waals surface area contributed by atoms with Gasteiger partial charge in [-0.3, -0.25) is 10.2 Å². The average Bonchev–Trinajstić information content (AvgIpc) is 3.27. The highest BCUT2D eigenvalue weighted by molar-refractivity contribution is 7.92. The van der Waals surface area contributed by atoms with Crippen molar-refractivity contribution in [3.8, 4) is 10.6 Å². The van der Waals surface area contributed by atoms with E-state index in [0.717, 1.165) is 35.6 Å². The number of halogens is 3. The van der Waals surface area contributed by atoms with E-state index in [1.807, 2.05) is 0 Å². The molecule has 0 radical (unpaired) electrons. The number of hydrogen-bond donors (Lipinski definition) is 3. The quantitative estimate of drug-likeness (QED) is 0.359. The normalized spacial score (nSPS) is 12.0. The minimum absolute atomic E-state index is 0.155. The Morgan fingerprint density at radius 1 is 1.23 bits per heavy atom. The summed E-state index contributed by atoms with van der Waals surface area (Å²) in [6.45, 7) is 1.75. The fraction of sp³-hybridized carbons (Fsp3) is 0.176. The zero-order valence-corrected chi connectivity index (χ0v) is 18.1.